The number of aliphatic hydroxyl groups excluding tert-OH is 2. The molecule has 0 radical (unpaired) electrons. The standard InChI is InChI=1S/C35H55NO10/c1-10-16-43-34-24(6)44-35(32(41)31(34)36(7)8)46-33-23(5)28(39)19-30(40)45-29(11-2)26(20-42-9)17-21(3)12-13-27(38)22(4)18-25(33)14-15-37/h1,12-13,15,17,22-26,28-29,31-35,39,41H,11,14,16,18-20H2,2-9H3/b13-12+,21-17+/t22-,23+,24-,25+,26-,28-,29-,31-,32-,33-,34-,35+/m1/s1. The Morgan fingerprint density at radius 3 is 2.43 bits per heavy atom. The third kappa shape index (κ3) is 11.1. The highest BCUT2D eigenvalue weighted by Gasteiger charge is 2.48. The predicted octanol–water partition coefficient (Wildman–Crippen LogP) is 2.71. The number of ketones is 1. The molecule has 2 aliphatic rings. The van der Waals surface area contributed by atoms with Gasteiger partial charge in [0.2, 0.25) is 0 Å². The number of rotatable bonds is 10. The molecule has 0 spiro atoms. The van der Waals surface area contributed by atoms with E-state index in [-0.39, 0.29) is 37.6 Å². The van der Waals surface area contributed by atoms with Gasteiger partial charge in [-0.3, -0.25) is 9.59 Å². The normalized spacial score (nSPS) is 38.8. The number of hydrogen-bond donors (Lipinski definition) is 2. The van der Waals surface area contributed by atoms with Gasteiger partial charge in [0, 0.05) is 31.3 Å². The van der Waals surface area contributed by atoms with Gasteiger partial charge in [0.05, 0.1) is 37.4 Å². The first-order valence-corrected chi connectivity index (χ1v) is 16.2. The fourth-order valence-corrected chi connectivity index (χ4v) is 6.46. The molecule has 2 rings (SSSR count). The average molecular weight is 650 g/mol. The van der Waals surface area contributed by atoms with E-state index in [1.807, 2.05) is 24.8 Å². The summed E-state index contributed by atoms with van der Waals surface area (Å²) in [5.74, 6) is -0.304. The molecular formula is C35H55NO10. The van der Waals surface area contributed by atoms with Crippen molar-refractivity contribution >= 4 is 18.0 Å². The van der Waals surface area contributed by atoms with Gasteiger partial charge in [0.1, 0.15) is 31.2 Å². The lowest BCUT2D eigenvalue weighted by Crippen LogP contribution is -2.64. The smallest absolute Gasteiger partial charge is 0.308 e. The molecule has 46 heavy (non-hydrogen) atoms. The number of likely N-dealkylation sites (N-methyl/N-ethyl adjacent to an activating group) is 1. The summed E-state index contributed by atoms with van der Waals surface area (Å²) in [6, 6.07) is -0.555. The van der Waals surface area contributed by atoms with E-state index in [2.05, 4.69) is 5.92 Å². The summed E-state index contributed by atoms with van der Waals surface area (Å²) in [7, 11) is 5.17. The molecule has 0 aromatic heterocycles. The lowest BCUT2D eigenvalue weighted by Gasteiger charge is -2.47. The van der Waals surface area contributed by atoms with Crippen molar-refractivity contribution in [1.29, 1.82) is 0 Å². The molecule has 0 bridgehead atoms. The molecule has 0 aromatic carbocycles. The summed E-state index contributed by atoms with van der Waals surface area (Å²) in [5.41, 5.74) is 0.807. The van der Waals surface area contributed by atoms with E-state index in [0.717, 1.165) is 11.9 Å². The number of aliphatic hydroxyl groups is 2. The Bertz CT molecular complexity index is 1080. The zero-order valence-corrected chi connectivity index (χ0v) is 28.7. The van der Waals surface area contributed by atoms with Gasteiger partial charge >= 0.3 is 5.97 Å². The summed E-state index contributed by atoms with van der Waals surface area (Å²) >= 11 is 0. The van der Waals surface area contributed by atoms with Crippen LogP contribution in [0, 0.1) is 36.0 Å². The van der Waals surface area contributed by atoms with Crippen LogP contribution in [0.25, 0.3) is 0 Å². The van der Waals surface area contributed by atoms with E-state index < -0.39 is 72.7 Å². The van der Waals surface area contributed by atoms with Gasteiger partial charge in [-0.05, 0) is 52.8 Å². The van der Waals surface area contributed by atoms with E-state index in [4.69, 9.17) is 30.1 Å². The molecule has 2 N–H and O–H groups in total. The van der Waals surface area contributed by atoms with Crippen LogP contribution in [0.4, 0.5) is 0 Å². The number of allylic oxidation sites excluding steroid dienone is 3. The number of cyclic esters (lactones) is 1. The number of methoxy groups -OCH3 is 1. The van der Waals surface area contributed by atoms with Crippen molar-refractivity contribution in [2.24, 2.45) is 23.7 Å². The molecule has 1 saturated heterocycles. The van der Waals surface area contributed by atoms with Gasteiger partial charge in [0.25, 0.3) is 0 Å². The van der Waals surface area contributed by atoms with Crippen LogP contribution in [0.15, 0.2) is 23.8 Å². The Kier molecular flexibility index (Phi) is 16.8. The van der Waals surface area contributed by atoms with Crippen molar-refractivity contribution < 1.29 is 48.3 Å². The van der Waals surface area contributed by atoms with Gasteiger partial charge < -0.3 is 43.6 Å². The lowest BCUT2D eigenvalue weighted by molar-refractivity contribution is -0.307. The molecule has 260 valence electrons. The zero-order valence-electron chi connectivity index (χ0n) is 28.7. The highest BCUT2D eigenvalue weighted by Crippen LogP contribution is 2.35. The van der Waals surface area contributed by atoms with Crippen LogP contribution in [-0.4, -0.2) is 117 Å². The Hall–Kier alpha value is -2.43. The quantitative estimate of drug-likeness (QED) is 0.205. The summed E-state index contributed by atoms with van der Waals surface area (Å²) in [6.45, 7) is 9.38. The van der Waals surface area contributed by atoms with Crippen molar-refractivity contribution in [2.45, 2.75) is 109 Å². The van der Waals surface area contributed by atoms with Gasteiger partial charge in [-0.15, -0.1) is 6.42 Å². The van der Waals surface area contributed by atoms with E-state index >= 15 is 0 Å². The first-order valence-electron chi connectivity index (χ1n) is 16.2. The highest BCUT2D eigenvalue weighted by atomic mass is 16.7. The summed E-state index contributed by atoms with van der Waals surface area (Å²) in [4.78, 5) is 40.2. The minimum atomic E-state index is -1.23. The molecule has 11 nitrogen and oxygen atoms in total. The summed E-state index contributed by atoms with van der Waals surface area (Å²) < 4.78 is 29.7. The number of terminal acetylenes is 1. The van der Waals surface area contributed by atoms with Crippen LogP contribution in [0.2, 0.25) is 0 Å². The second-order valence-corrected chi connectivity index (χ2v) is 12.9. The Morgan fingerprint density at radius 1 is 1.15 bits per heavy atom. The first kappa shape index (κ1) is 39.7. The molecule has 11 heteroatoms. The van der Waals surface area contributed by atoms with Gasteiger partial charge in [-0.2, -0.15) is 0 Å². The topological polar surface area (TPSA) is 141 Å². The van der Waals surface area contributed by atoms with E-state index in [1.165, 1.54) is 6.08 Å². The maximum Gasteiger partial charge on any atom is 0.308 e. The number of aldehydes is 1. The maximum absolute atomic E-state index is 13.3. The predicted molar refractivity (Wildman–Crippen MR) is 172 cm³/mol. The molecule has 0 aliphatic carbocycles. The fourth-order valence-electron chi connectivity index (χ4n) is 6.46. The number of esters is 1. The fraction of sp³-hybridized carbons (Fsp3) is 0.743. The maximum atomic E-state index is 13.3. The molecule has 2 aliphatic heterocycles. The van der Waals surface area contributed by atoms with Crippen LogP contribution in [0.3, 0.4) is 0 Å². The zero-order chi connectivity index (χ0) is 34.6. The summed E-state index contributed by atoms with van der Waals surface area (Å²) in [6.07, 6.45) is 5.70. The number of carbonyl (C=O) groups is 3. The van der Waals surface area contributed by atoms with E-state index in [1.54, 1.807) is 48.1 Å². The van der Waals surface area contributed by atoms with Gasteiger partial charge in [0.15, 0.2) is 12.1 Å². The summed E-state index contributed by atoms with van der Waals surface area (Å²) in [5, 5.41) is 22.9. The Labute approximate surface area is 274 Å². The van der Waals surface area contributed by atoms with Gasteiger partial charge in [-0.25, -0.2) is 0 Å². The Morgan fingerprint density at radius 2 is 1.85 bits per heavy atom. The van der Waals surface area contributed by atoms with Crippen molar-refractivity contribution in [3.05, 3.63) is 23.8 Å². The highest BCUT2D eigenvalue weighted by molar-refractivity contribution is 5.91. The third-order valence-electron chi connectivity index (χ3n) is 9.04. The van der Waals surface area contributed by atoms with Crippen molar-refractivity contribution in [3.8, 4) is 12.3 Å². The molecule has 2 heterocycles. The minimum absolute atomic E-state index is 0.0203. The van der Waals surface area contributed by atoms with Gasteiger partial charge in [-0.1, -0.05) is 44.4 Å². The van der Waals surface area contributed by atoms with Crippen molar-refractivity contribution in [3.63, 3.8) is 0 Å². The second kappa shape index (κ2) is 19.4. The number of hydrogen-bond acceptors (Lipinski definition) is 11. The molecule has 1 fully saturated rings. The molecular weight excluding hydrogens is 594 g/mol. The Balaban J connectivity index is 2.53. The monoisotopic (exact) mass is 649 g/mol. The molecule has 0 amide bonds. The molecule has 12 atom stereocenters. The first-order chi connectivity index (χ1) is 21.8. The molecule has 0 unspecified atom stereocenters. The molecule has 0 saturated carbocycles. The van der Waals surface area contributed by atoms with Crippen LogP contribution in [0.1, 0.15) is 60.3 Å². The SMILES string of the molecule is C#CCO[C@H]1[C@H](N(C)C)[C@@H](O)[C@H](O[C@H]2[C@@H](CC=O)C[C@@H](C)C(=O)/C=C/C(C)=C/[C@H](COC)[C@@H](CC)OC(=O)C[C@@H](O)[C@@H]2C)O[C@@H]1C. The third-order valence-corrected chi connectivity index (χ3v) is 9.04. The number of nitrogens with zero attached hydrogens (tertiary/aromatic N) is 1. The van der Waals surface area contributed by atoms with E-state index in [9.17, 15) is 24.6 Å². The van der Waals surface area contributed by atoms with Crippen molar-refractivity contribution in [1.82, 2.24) is 4.90 Å². The largest absolute Gasteiger partial charge is 0.462 e. The number of ether oxygens (including phenoxy) is 5. The van der Waals surface area contributed by atoms with Crippen LogP contribution in [-0.2, 0) is 38.1 Å². The average Bonchev–Trinajstić information content (AvgIpc) is 3.00. The number of carbonyl (C=O) groups excluding carboxylic acids is 3. The van der Waals surface area contributed by atoms with Crippen LogP contribution < -0.4 is 0 Å². The second-order valence-electron chi connectivity index (χ2n) is 12.9. The van der Waals surface area contributed by atoms with Crippen LogP contribution >= 0.6 is 0 Å². The van der Waals surface area contributed by atoms with Crippen molar-refractivity contribution in [2.75, 3.05) is 34.4 Å². The minimum Gasteiger partial charge on any atom is -0.462 e. The van der Waals surface area contributed by atoms with Crippen LogP contribution in [0.5, 0.6) is 0 Å². The molecule has 0 aromatic rings. The van der Waals surface area contributed by atoms with E-state index in [0.29, 0.717) is 13.0 Å². The lowest BCUT2D eigenvalue weighted by atomic mass is 9.79.